The van der Waals surface area contributed by atoms with Crippen molar-refractivity contribution in [2.45, 2.75) is 4.83 Å². The SMILES string of the molecule is COC(=O)[C@H](Br)c1cc(OC)cc(OC)c1. The Morgan fingerprint density at radius 2 is 1.62 bits per heavy atom. The van der Waals surface area contributed by atoms with E-state index in [2.05, 4.69) is 20.7 Å². The minimum atomic E-state index is -0.526. The lowest BCUT2D eigenvalue weighted by molar-refractivity contribution is -0.139. The van der Waals surface area contributed by atoms with E-state index in [0.717, 1.165) is 5.56 Å². The van der Waals surface area contributed by atoms with Crippen LogP contribution in [0.3, 0.4) is 0 Å². The zero-order valence-corrected chi connectivity index (χ0v) is 10.9. The minimum absolute atomic E-state index is 0.365. The maximum Gasteiger partial charge on any atom is 0.324 e. The second-order valence-corrected chi connectivity index (χ2v) is 3.95. The molecule has 0 saturated carbocycles. The molecule has 4 nitrogen and oxygen atoms in total. The number of alkyl halides is 1. The molecule has 5 heteroatoms. The topological polar surface area (TPSA) is 44.8 Å². The summed E-state index contributed by atoms with van der Waals surface area (Å²) in [6.45, 7) is 0. The van der Waals surface area contributed by atoms with Gasteiger partial charge in [-0.3, -0.25) is 4.79 Å². The fourth-order valence-electron chi connectivity index (χ4n) is 1.22. The van der Waals surface area contributed by atoms with Gasteiger partial charge < -0.3 is 14.2 Å². The molecule has 88 valence electrons. The third-order valence-corrected chi connectivity index (χ3v) is 2.98. The van der Waals surface area contributed by atoms with E-state index in [-0.39, 0.29) is 5.97 Å². The van der Waals surface area contributed by atoms with Gasteiger partial charge >= 0.3 is 5.97 Å². The largest absolute Gasteiger partial charge is 0.497 e. The maximum atomic E-state index is 11.4. The number of ether oxygens (including phenoxy) is 3. The van der Waals surface area contributed by atoms with Crippen LogP contribution in [-0.4, -0.2) is 27.3 Å². The summed E-state index contributed by atoms with van der Waals surface area (Å²) < 4.78 is 14.9. The lowest BCUT2D eigenvalue weighted by atomic mass is 10.1. The molecule has 0 saturated heterocycles. The van der Waals surface area contributed by atoms with Crippen molar-refractivity contribution in [3.8, 4) is 11.5 Å². The lowest BCUT2D eigenvalue weighted by Crippen LogP contribution is -2.08. The van der Waals surface area contributed by atoms with Crippen molar-refractivity contribution in [3.63, 3.8) is 0 Å². The molecular formula is C11H13BrO4. The van der Waals surface area contributed by atoms with Crippen molar-refractivity contribution < 1.29 is 19.0 Å². The number of halogens is 1. The van der Waals surface area contributed by atoms with Gasteiger partial charge in [0, 0.05) is 6.07 Å². The Morgan fingerprint density at radius 3 is 2.00 bits per heavy atom. The summed E-state index contributed by atoms with van der Waals surface area (Å²) in [5, 5.41) is 0. The van der Waals surface area contributed by atoms with Crippen LogP contribution in [0.2, 0.25) is 0 Å². The van der Waals surface area contributed by atoms with Crippen LogP contribution in [0.5, 0.6) is 11.5 Å². The van der Waals surface area contributed by atoms with Crippen molar-refractivity contribution in [1.82, 2.24) is 0 Å². The van der Waals surface area contributed by atoms with Crippen LogP contribution in [0.1, 0.15) is 10.4 Å². The Morgan fingerprint density at radius 1 is 1.12 bits per heavy atom. The van der Waals surface area contributed by atoms with Gasteiger partial charge in [0.25, 0.3) is 0 Å². The van der Waals surface area contributed by atoms with Crippen LogP contribution < -0.4 is 9.47 Å². The van der Waals surface area contributed by atoms with E-state index >= 15 is 0 Å². The van der Waals surface area contributed by atoms with Crippen molar-refractivity contribution in [1.29, 1.82) is 0 Å². The number of rotatable bonds is 4. The number of benzene rings is 1. The van der Waals surface area contributed by atoms with Gasteiger partial charge in [0.05, 0.1) is 21.3 Å². The monoisotopic (exact) mass is 288 g/mol. The molecule has 0 unspecified atom stereocenters. The molecule has 1 aromatic carbocycles. The first-order valence-electron chi connectivity index (χ1n) is 4.57. The van der Waals surface area contributed by atoms with Crippen molar-refractivity contribution in [2.24, 2.45) is 0 Å². The molecular weight excluding hydrogens is 276 g/mol. The number of hydrogen-bond donors (Lipinski definition) is 0. The number of hydrogen-bond acceptors (Lipinski definition) is 4. The van der Waals surface area contributed by atoms with Crippen molar-refractivity contribution in [2.75, 3.05) is 21.3 Å². The molecule has 1 rings (SSSR count). The zero-order valence-electron chi connectivity index (χ0n) is 9.32. The molecule has 0 heterocycles. The van der Waals surface area contributed by atoms with Gasteiger partial charge in [0.2, 0.25) is 0 Å². The first-order chi connectivity index (χ1) is 7.62. The molecule has 0 spiro atoms. The Kier molecular flexibility index (Phi) is 4.61. The van der Waals surface area contributed by atoms with Gasteiger partial charge in [-0.1, -0.05) is 15.9 Å². The average molecular weight is 289 g/mol. The van der Waals surface area contributed by atoms with Crippen molar-refractivity contribution >= 4 is 21.9 Å². The molecule has 0 amide bonds. The summed E-state index contributed by atoms with van der Waals surface area (Å²) in [6.07, 6.45) is 0. The highest BCUT2D eigenvalue weighted by molar-refractivity contribution is 9.09. The lowest BCUT2D eigenvalue weighted by Gasteiger charge is -2.11. The van der Waals surface area contributed by atoms with Crippen LogP contribution in [-0.2, 0) is 9.53 Å². The Hall–Kier alpha value is -1.23. The molecule has 16 heavy (non-hydrogen) atoms. The fourth-order valence-corrected chi connectivity index (χ4v) is 1.67. The summed E-state index contributed by atoms with van der Waals surface area (Å²) in [5.41, 5.74) is 0.725. The molecule has 0 aromatic heterocycles. The van der Waals surface area contributed by atoms with E-state index < -0.39 is 4.83 Å². The predicted octanol–water partition coefficient (Wildman–Crippen LogP) is 2.31. The van der Waals surface area contributed by atoms with Crippen LogP contribution in [0, 0.1) is 0 Å². The minimum Gasteiger partial charge on any atom is -0.497 e. The van der Waals surface area contributed by atoms with E-state index in [1.807, 2.05) is 0 Å². The average Bonchev–Trinajstić information content (AvgIpc) is 2.35. The molecule has 0 bridgehead atoms. The summed E-state index contributed by atoms with van der Waals surface area (Å²) in [7, 11) is 4.45. The van der Waals surface area contributed by atoms with E-state index in [4.69, 9.17) is 9.47 Å². The van der Waals surface area contributed by atoms with Gasteiger partial charge in [-0.2, -0.15) is 0 Å². The highest BCUT2D eigenvalue weighted by Gasteiger charge is 2.19. The van der Waals surface area contributed by atoms with Gasteiger partial charge in [-0.05, 0) is 17.7 Å². The summed E-state index contributed by atoms with van der Waals surface area (Å²) in [4.78, 5) is 10.8. The molecule has 0 radical (unpaired) electrons. The van der Waals surface area contributed by atoms with E-state index in [9.17, 15) is 4.79 Å². The fraction of sp³-hybridized carbons (Fsp3) is 0.364. The normalized spacial score (nSPS) is 11.8. The quantitative estimate of drug-likeness (QED) is 0.630. The van der Waals surface area contributed by atoms with Crippen LogP contribution in [0.4, 0.5) is 0 Å². The standard InChI is InChI=1S/C11H13BrO4/c1-14-8-4-7(5-9(6-8)15-2)10(12)11(13)16-3/h4-6,10H,1-3H3/t10-/m1/s1. The predicted molar refractivity (Wildman–Crippen MR) is 63.2 cm³/mol. The first kappa shape index (κ1) is 12.8. The number of carbonyl (C=O) groups is 1. The summed E-state index contributed by atoms with van der Waals surface area (Å²) in [5.74, 6) is 0.890. The molecule has 0 aliphatic heterocycles. The summed E-state index contributed by atoms with van der Waals surface area (Å²) in [6, 6.07) is 5.23. The highest BCUT2D eigenvalue weighted by atomic mass is 79.9. The van der Waals surface area contributed by atoms with Crippen LogP contribution >= 0.6 is 15.9 Å². The van der Waals surface area contributed by atoms with Gasteiger partial charge in [-0.15, -0.1) is 0 Å². The van der Waals surface area contributed by atoms with Gasteiger partial charge in [-0.25, -0.2) is 0 Å². The molecule has 1 aromatic rings. The van der Waals surface area contributed by atoms with Crippen LogP contribution in [0.15, 0.2) is 18.2 Å². The van der Waals surface area contributed by atoms with Crippen LogP contribution in [0.25, 0.3) is 0 Å². The van der Waals surface area contributed by atoms with E-state index in [1.165, 1.54) is 7.11 Å². The second kappa shape index (κ2) is 5.75. The molecule has 1 atom stereocenters. The van der Waals surface area contributed by atoms with E-state index in [1.54, 1.807) is 32.4 Å². The summed E-state index contributed by atoms with van der Waals surface area (Å²) >= 11 is 3.25. The smallest absolute Gasteiger partial charge is 0.324 e. The third-order valence-electron chi connectivity index (χ3n) is 2.07. The molecule has 0 aliphatic rings. The van der Waals surface area contributed by atoms with Gasteiger partial charge in [0.1, 0.15) is 16.3 Å². The molecule has 0 fully saturated rings. The zero-order chi connectivity index (χ0) is 12.1. The second-order valence-electron chi connectivity index (χ2n) is 3.03. The number of esters is 1. The van der Waals surface area contributed by atoms with Crippen molar-refractivity contribution in [3.05, 3.63) is 23.8 Å². The highest BCUT2D eigenvalue weighted by Crippen LogP contribution is 2.31. The Labute approximate surface area is 103 Å². The Balaban J connectivity index is 3.07. The Bertz CT molecular complexity index is 356. The maximum absolute atomic E-state index is 11.4. The van der Waals surface area contributed by atoms with Gasteiger partial charge in [0.15, 0.2) is 0 Å². The van der Waals surface area contributed by atoms with E-state index in [0.29, 0.717) is 11.5 Å². The third kappa shape index (κ3) is 2.88. The number of carbonyl (C=O) groups excluding carboxylic acids is 1. The molecule has 0 N–H and O–H groups in total. The number of methoxy groups -OCH3 is 3. The molecule has 0 aliphatic carbocycles. The first-order valence-corrected chi connectivity index (χ1v) is 5.48.